The van der Waals surface area contributed by atoms with E-state index in [9.17, 15) is 9.59 Å². The summed E-state index contributed by atoms with van der Waals surface area (Å²) in [6.45, 7) is 6.25. The predicted molar refractivity (Wildman–Crippen MR) is 117 cm³/mol. The van der Waals surface area contributed by atoms with Gasteiger partial charge >= 0.3 is 5.97 Å². The first-order valence-electron chi connectivity index (χ1n) is 11.0. The number of carbonyl (C=O) groups is 1. The van der Waals surface area contributed by atoms with Crippen molar-refractivity contribution < 1.29 is 19.0 Å². The molecule has 0 fully saturated rings. The summed E-state index contributed by atoms with van der Waals surface area (Å²) in [4.78, 5) is 30.4. The predicted octanol–water partition coefficient (Wildman–Crippen LogP) is 2.47. The zero-order chi connectivity index (χ0) is 22.0. The van der Waals surface area contributed by atoms with Crippen molar-refractivity contribution in [3.63, 3.8) is 0 Å². The van der Waals surface area contributed by atoms with Gasteiger partial charge in [0.25, 0.3) is 5.56 Å². The Morgan fingerprint density at radius 1 is 1.12 bits per heavy atom. The van der Waals surface area contributed by atoms with E-state index < -0.39 is 5.92 Å². The van der Waals surface area contributed by atoms with E-state index in [1.165, 1.54) is 0 Å². The minimum atomic E-state index is -0.469. The summed E-state index contributed by atoms with van der Waals surface area (Å²) in [5, 5.41) is 4.41. The summed E-state index contributed by atoms with van der Waals surface area (Å²) in [5.41, 5.74) is 5.78. The number of likely N-dealkylation sites (N-methyl/N-ethyl adjacent to an activating group) is 1. The van der Waals surface area contributed by atoms with Gasteiger partial charge in [-0.15, -0.1) is 0 Å². The lowest BCUT2D eigenvalue weighted by Gasteiger charge is -2.22. The maximum absolute atomic E-state index is 13.3. The van der Waals surface area contributed by atoms with E-state index in [4.69, 9.17) is 19.2 Å². The smallest absolute Gasteiger partial charge is 0.313 e. The molecule has 2 aromatic heterocycles. The Kier molecular flexibility index (Phi) is 4.26. The Morgan fingerprint density at radius 2 is 1.94 bits per heavy atom. The Morgan fingerprint density at radius 3 is 2.75 bits per heavy atom. The Hall–Kier alpha value is -3.39. The number of pyridine rings is 2. The Labute approximate surface area is 184 Å². The van der Waals surface area contributed by atoms with Crippen LogP contribution in [0.5, 0.6) is 11.5 Å². The maximum atomic E-state index is 13.3. The molecule has 1 N–H and O–H groups in total. The molecule has 0 saturated carbocycles. The molecule has 8 nitrogen and oxygen atoms in total. The van der Waals surface area contributed by atoms with Crippen LogP contribution in [0.4, 0.5) is 0 Å². The lowest BCUT2D eigenvalue weighted by atomic mass is 9.93. The van der Waals surface area contributed by atoms with Crippen molar-refractivity contribution in [1.29, 1.82) is 0 Å². The average Bonchev–Trinajstić information content (AvgIpc) is 3.39. The van der Waals surface area contributed by atoms with E-state index in [1.54, 1.807) is 11.5 Å². The number of nitrogens with zero attached hydrogens (tertiary/aromatic N) is 2. The van der Waals surface area contributed by atoms with Crippen LogP contribution in [0.15, 0.2) is 23.0 Å². The van der Waals surface area contributed by atoms with E-state index in [-0.39, 0.29) is 24.9 Å². The summed E-state index contributed by atoms with van der Waals surface area (Å²) in [5.74, 6) is 0.630. The summed E-state index contributed by atoms with van der Waals surface area (Å²) >= 11 is 0. The fourth-order valence-electron chi connectivity index (χ4n) is 4.96. The molecule has 164 valence electrons. The van der Waals surface area contributed by atoms with Gasteiger partial charge in [0.05, 0.1) is 34.9 Å². The number of rotatable bonds is 4. The van der Waals surface area contributed by atoms with Gasteiger partial charge in [-0.1, -0.05) is 6.92 Å². The molecule has 0 amide bonds. The molecule has 32 heavy (non-hydrogen) atoms. The number of benzene rings is 1. The second kappa shape index (κ2) is 7.06. The first kappa shape index (κ1) is 19.3. The molecule has 0 saturated heterocycles. The van der Waals surface area contributed by atoms with Crippen LogP contribution in [0.25, 0.3) is 22.3 Å². The highest BCUT2D eigenvalue weighted by atomic mass is 16.7. The van der Waals surface area contributed by atoms with Crippen molar-refractivity contribution in [2.24, 2.45) is 0 Å². The van der Waals surface area contributed by atoms with E-state index in [0.717, 1.165) is 64.2 Å². The zero-order valence-electron chi connectivity index (χ0n) is 18.0. The molecule has 0 radical (unpaired) electrons. The van der Waals surface area contributed by atoms with Crippen LogP contribution < -0.4 is 20.3 Å². The van der Waals surface area contributed by atoms with Crippen LogP contribution >= 0.6 is 0 Å². The minimum Gasteiger partial charge on any atom is -0.460 e. The van der Waals surface area contributed by atoms with Crippen LogP contribution in [-0.2, 0) is 29.1 Å². The van der Waals surface area contributed by atoms with Crippen LogP contribution in [0, 0.1) is 0 Å². The van der Waals surface area contributed by atoms with E-state index in [1.807, 2.05) is 18.2 Å². The summed E-state index contributed by atoms with van der Waals surface area (Å²) in [6.07, 6.45) is 0.801. The highest BCUT2D eigenvalue weighted by Crippen LogP contribution is 2.42. The number of hydrogen-bond acceptors (Lipinski definition) is 7. The van der Waals surface area contributed by atoms with Gasteiger partial charge in [0.1, 0.15) is 6.61 Å². The second-order valence-electron chi connectivity index (χ2n) is 8.43. The SMILES string of the molecule is CCNCCc1c2c(nc3cc4c(cc13)OCO4)-c1cc3c(c(=O)n1C2)COC(=O)[C@H]3C. The van der Waals surface area contributed by atoms with Gasteiger partial charge in [0, 0.05) is 17.0 Å². The van der Waals surface area contributed by atoms with Crippen LogP contribution in [-0.4, -0.2) is 35.4 Å². The third-order valence-electron chi connectivity index (χ3n) is 6.67. The topological polar surface area (TPSA) is 91.7 Å². The van der Waals surface area contributed by atoms with Gasteiger partial charge in [-0.3, -0.25) is 9.59 Å². The normalized spacial score (nSPS) is 17.8. The quantitative estimate of drug-likeness (QED) is 0.390. The molecule has 0 aliphatic carbocycles. The number of carbonyl (C=O) groups excluding carboxylic acids is 1. The van der Waals surface area contributed by atoms with Crippen molar-refractivity contribution in [2.75, 3.05) is 19.9 Å². The molecule has 1 atom stereocenters. The van der Waals surface area contributed by atoms with Gasteiger partial charge in [0.2, 0.25) is 6.79 Å². The molecular weight excluding hydrogens is 410 g/mol. The fraction of sp³-hybridized carbons (Fsp3) is 0.375. The van der Waals surface area contributed by atoms with E-state index in [0.29, 0.717) is 17.9 Å². The molecule has 3 aliphatic heterocycles. The summed E-state index contributed by atoms with van der Waals surface area (Å²) < 4.78 is 18.2. The lowest BCUT2D eigenvalue weighted by molar-refractivity contribution is -0.147. The van der Waals surface area contributed by atoms with Crippen molar-refractivity contribution in [2.45, 2.75) is 39.3 Å². The van der Waals surface area contributed by atoms with Gasteiger partial charge in [-0.25, -0.2) is 4.98 Å². The van der Waals surface area contributed by atoms with Gasteiger partial charge < -0.3 is 24.1 Å². The molecule has 3 aromatic rings. The van der Waals surface area contributed by atoms with Crippen molar-refractivity contribution in [3.05, 3.63) is 50.8 Å². The van der Waals surface area contributed by atoms with Crippen LogP contribution in [0.3, 0.4) is 0 Å². The molecule has 8 heteroatoms. The first-order chi connectivity index (χ1) is 15.6. The number of nitrogens with one attached hydrogen (secondary N) is 1. The Balaban J connectivity index is 1.59. The number of hydrogen-bond donors (Lipinski definition) is 1. The van der Waals surface area contributed by atoms with Gasteiger partial charge in [-0.2, -0.15) is 0 Å². The third-order valence-corrected chi connectivity index (χ3v) is 6.67. The van der Waals surface area contributed by atoms with Gasteiger partial charge in [0.15, 0.2) is 11.5 Å². The van der Waals surface area contributed by atoms with E-state index in [2.05, 4.69) is 12.2 Å². The summed E-state index contributed by atoms with van der Waals surface area (Å²) in [7, 11) is 0. The van der Waals surface area contributed by atoms with Crippen molar-refractivity contribution in [1.82, 2.24) is 14.9 Å². The molecule has 6 rings (SSSR count). The number of cyclic esters (lactones) is 1. The number of ether oxygens (including phenoxy) is 3. The van der Waals surface area contributed by atoms with Gasteiger partial charge in [-0.05, 0) is 49.7 Å². The minimum absolute atomic E-state index is 0.0258. The first-order valence-corrected chi connectivity index (χ1v) is 11.0. The zero-order valence-corrected chi connectivity index (χ0v) is 18.0. The van der Waals surface area contributed by atoms with E-state index >= 15 is 0 Å². The van der Waals surface area contributed by atoms with Crippen molar-refractivity contribution >= 4 is 16.9 Å². The Bertz CT molecular complexity index is 1360. The number of esters is 1. The molecule has 3 aliphatic rings. The highest BCUT2D eigenvalue weighted by Gasteiger charge is 2.33. The third kappa shape index (κ3) is 2.69. The van der Waals surface area contributed by atoms with Crippen LogP contribution in [0.2, 0.25) is 0 Å². The molecule has 1 aromatic carbocycles. The number of aromatic nitrogens is 2. The second-order valence-corrected chi connectivity index (χ2v) is 8.43. The molecule has 0 unspecified atom stereocenters. The standard InChI is InChI=1S/C24H23N3O5/c1-3-25-5-4-13-15-7-20-21(32-11-31-20)8-18(15)26-22-16(13)9-27-19(22)6-14-12(2)24(29)30-10-17(14)23(27)28/h6-8,12,25H,3-5,9-11H2,1-2H3/t12-/m0/s1. The molecular formula is C24H23N3O5. The number of fused-ring (bicyclic) bond motifs is 6. The summed E-state index contributed by atoms with van der Waals surface area (Å²) in [6, 6.07) is 5.86. The lowest BCUT2D eigenvalue weighted by Crippen LogP contribution is -2.31. The van der Waals surface area contributed by atoms with Crippen LogP contribution in [0.1, 0.15) is 42.0 Å². The monoisotopic (exact) mass is 433 g/mol. The highest BCUT2D eigenvalue weighted by molar-refractivity contribution is 5.91. The fourth-order valence-corrected chi connectivity index (χ4v) is 4.96. The largest absolute Gasteiger partial charge is 0.460 e. The maximum Gasteiger partial charge on any atom is 0.313 e. The van der Waals surface area contributed by atoms with Crippen molar-refractivity contribution in [3.8, 4) is 22.9 Å². The molecule has 5 heterocycles. The average molecular weight is 433 g/mol. The molecule has 0 bridgehead atoms. The molecule has 0 spiro atoms.